The van der Waals surface area contributed by atoms with Gasteiger partial charge in [-0.1, -0.05) is 17.7 Å². The van der Waals surface area contributed by atoms with Gasteiger partial charge in [0.05, 0.1) is 17.1 Å². The van der Waals surface area contributed by atoms with Crippen molar-refractivity contribution >= 4 is 22.5 Å². The minimum Gasteiger partial charge on any atom is -0.491 e. The Bertz CT molecular complexity index is 1400. The van der Waals surface area contributed by atoms with Crippen molar-refractivity contribution in [2.75, 3.05) is 13.2 Å². The Morgan fingerprint density at radius 3 is 2.44 bits per heavy atom. The minimum atomic E-state index is -0.890. The number of fused-ring (bicyclic) bond motifs is 1. The quantitative estimate of drug-likeness (QED) is 0.371. The lowest BCUT2D eigenvalue weighted by Crippen LogP contribution is -2.20. The van der Waals surface area contributed by atoms with Gasteiger partial charge in [0.2, 0.25) is 0 Å². The predicted octanol–water partition coefficient (Wildman–Crippen LogP) is 5.51. The minimum absolute atomic E-state index is 0.0365. The third-order valence-corrected chi connectivity index (χ3v) is 5.52. The van der Waals surface area contributed by atoms with Gasteiger partial charge < -0.3 is 9.47 Å². The second kappa shape index (κ2) is 8.00. The van der Waals surface area contributed by atoms with Crippen LogP contribution in [0, 0.1) is 17.5 Å². The Labute approximate surface area is 185 Å². The van der Waals surface area contributed by atoms with Crippen LogP contribution in [-0.2, 0) is 4.74 Å². The van der Waals surface area contributed by atoms with E-state index in [2.05, 4.69) is 0 Å². The molecule has 0 saturated carbocycles. The Hall–Kier alpha value is -3.29. The lowest BCUT2D eigenvalue weighted by molar-refractivity contribution is 0.263. The van der Waals surface area contributed by atoms with Crippen molar-refractivity contribution in [1.82, 2.24) is 4.57 Å². The van der Waals surface area contributed by atoms with Crippen molar-refractivity contribution in [3.63, 3.8) is 0 Å². The van der Waals surface area contributed by atoms with Crippen LogP contribution in [0.15, 0.2) is 65.5 Å². The molecule has 1 unspecified atom stereocenters. The number of aromatic nitrogens is 1. The molecule has 0 N–H and O–H groups in total. The van der Waals surface area contributed by atoms with Crippen molar-refractivity contribution in [3.05, 3.63) is 93.5 Å². The number of ether oxygens (including phenoxy) is 2. The smallest absolute Gasteiger partial charge is 0.255 e. The molecule has 1 fully saturated rings. The van der Waals surface area contributed by atoms with Crippen LogP contribution in [0.5, 0.6) is 5.75 Å². The molecule has 0 radical (unpaired) electrons. The highest BCUT2D eigenvalue weighted by molar-refractivity contribution is 6.33. The number of rotatable bonds is 5. The summed E-state index contributed by atoms with van der Waals surface area (Å²) in [4.78, 5) is 12.8. The average Bonchev–Trinajstić information content (AvgIpc) is 3.58. The van der Waals surface area contributed by atoms with E-state index in [9.17, 15) is 18.0 Å². The molecule has 162 valence electrons. The molecule has 0 spiro atoms. The summed E-state index contributed by atoms with van der Waals surface area (Å²) >= 11 is 6.30. The zero-order valence-corrected chi connectivity index (χ0v) is 17.2. The Morgan fingerprint density at radius 1 is 1.00 bits per heavy atom. The van der Waals surface area contributed by atoms with E-state index in [-0.39, 0.29) is 23.3 Å². The van der Waals surface area contributed by atoms with Gasteiger partial charge in [0.25, 0.3) is 5.56 Å². The fourth-order valence-corrected chi connectivity index (χ4v) is 3.89. The number of benzene rings is 3. The van der Waals surface area contributed by atoms with E-state index in [1.165, 1.54) is 42.5 Å². The van der Waals surface area contributed by atoms with Crippen molar-refractivity contribution in [3.8, 4) is 22.6 Å². The predicted molar refractivity (Wildman–Crippen MR) is 115 cm³/mol. The molecule has 0 amide bonds. The summed E-state index contributed by atoms with van der Waals surface area (Å²) in [7, 11) is 0. The Morgan fingerprint density at radius 2 is 1.75 bits per heavy atom. The van der Waals surface area contributed by atoms with Gasteiger partial charge in [-0.3, -0.25) is 9.36 Å². The number of epoxide rings is 1. The monoisotopic (exact) mass is 457 g/mol. The van der Waals surface area contributed by atoms with E-state index < -0.39 is 28.7 Å². The molecule has 0 bridgehead atoms. The van der Waals surface area contributed by atoms with Crippen molar-refractivity contribution in [2.24, 2.45) is 0 Å². The highest BCUT2D eigenvalue weighted by Gasteiger charge is 2.24. The van der Waals surface area contributed by atoms with E-state index in [1.54, 1.807) is 6.07 Å². The van der Waals surface area contributed by atoms with Crippen LogP contribution in [0.2, 0.25) is 5.02 Å². The molecule has 0 aliphatic carbocycles. The molecule has 1 aromatic heterocycles. The molecule has 1 saturated heterocycles. The third kappa shape index (κ3) is 3.74. The summed E-state index contributed by atoms with van der Waals surface area (Å²) in [5, 5.41) is 0.625. The topological polar surface area (TPSA) is 43.8 Å². The summed E-state index contributed by atoms with van der Waals surface area (Å²) in [6.45, 7) is 0.850. The number of halogens is 4. The summed E-state index contributed by atoms with van der Waals surface area (Å²) in [5.74, 6) is -1.94. The normalized spacial score (nSPS) is 15.2. The summed E-state index contributed by atoms with van der Waals surface area (Å²) < 4.78 is 54.8. The Balaban J connectivity index is 1.83. The van der Waals surface area contributed by atoms with Crippen LogP contribution >= 0.6 is 11.6 Å². The SMILES string of the molecule is O=c1ccc2c(-c3ccc(F)cc3Cl)cc(OCC3CO3)cc2n1-c1c(F)cccc1F. The number of nitrogens with zero attached hydrogens (tertiary/aromatic N) is 1. The van der Waals surface area contributed by atoms with Crippen LogP contribution in [-0.4, -0.2) is 23.9 Å². The van der Waals surface area contributed by atoms with Crippen LogP contribution in [0.1, 0.15) is 0 Å². The number of para-hydroxylation sites is 1. The van der Waals surface area contributed by atoms with Crippen molar-refractivity contribution in [1.29, 1.82) is 0 Å². The molecule has 3 aromatic carbocycles. The van der Waals surface area contributed by atoms with Crippen LogP contribution in [0.4, 0.5) is 13.2 Å². The van der Waals surface area contributed by atoms with Gasteiger partial charge in [-0.05, 0) is 48.0 Å². The standard InChI is InChI=1S/C24H15ClF3NO3/c25-19-8-13(26)4-5-16(19)18-9-14(31-11-15-12-32-15)10-22-17(18)6-7-23(30)29(22)24-20(27)2-1-3-21(24)28/h1-10,15H,11-12H2. The average molecular weight is 458 g/mol. The van der Waals surface area contributed by atoms with E-state index in [0.717, 1.165) is 16.7 Å². The van der Waals surface area contributed by atoms with E-state index in [4.69, 9.17) is 21.1 Å². The fraction of sp³-hybridized carbons (Fsp3) is 0.125. The third-order valence-electron chi connectivity index (χ3n) is 5.21. The largest absolute Gasteiger partial charge is 0.491 e. The number of hydrogen-bond acceptors (Lipinski definition) is 3. The molecule has 32 heavy (non-hydrogen) atoms. The molecule has 1 aliphatic rings. The molecule has 4 nitrogen and oxygen atoms in total. The van der Waals surface area contributed by atoms with Crippen LogP contribution < -0.4 is 10.3 Å². The maximum absolute atomic E-state index is 14.6. The first kappa shape index (κ1) is 20.6. The van der Waals surface area contributed by atoms with Crippen molar-refractivity contribution < 1.29 is 22.6 Å². The second-order valence-electron chi connectivity index (χ2n) is 7.37. The molecule has 2 heterocycles. The van der Waals surface area contributed by atoms with Gasteiger partial charge in [-0.2, -0.15) is 0 Å². The molecule has 4 aromatic rings. The zero-order chi connectivity index (χ0) is 22.4. The zero-order valence-electron chi connectivity index (χ0n) is 16.4. The van der Waals surface area contributed by atoms with Gasteiger partial charge in [0.1, 0.15) is 41.6 Å². The summed E-state index contributed by atoms with van der Waals surface area (Å²) in [6.07, 6.45) is -0.0365. The molecule has 8 heteroatoms. The molecular formula is C24H15ClF3NO3. The lowest BCUT2D eigenvalue weighted by Gasteiger charge is -2.17. The maximum atomic E-state index is 14.6. The van der Waals surface area contributed by atoms with Gasteiger partial charge in [-0.25, -0.2) is 13.2 Å². The van der Waals surface area contributed by atoms with Gasteiger partial charge >= 0.3 is 0 Å². The molecule has 1 aliphatic heterocycles. The van der Waals surface area contributed by atoms with Gasteiger partial charge in [-0.15, -0.1) is 0 Å². The van der Waals surface area contributed by atoms with E-state index >= 15 is 0 Å². The molecule has 5 rings (SSSR count). The summed E-state index contributed by atoms with van der Waals surface area (Å²) in [6, 6.07) is 13.3. The number of pyridine rings is 1. The van der Waals surface area contributed by atoms with Crippen LogP contribution in [0.25, 0.3) is 27.7 Å². The highest BCUT2D eigenvalue weighted by Crippen LogP contribution is 2.37. The molecule has 1 atom stereocenters. The van der Waals surface area contributed by atoms with Crippen LogP contribution in [0.3, 0.4) is 0 Å². The van der Waals surface area contributed by atoms with Crippen molar-refractivity contribution in [2.45, 2.75) is 6.10 Å². The first-order chi connectivity index (χ1) is 15.4. The van der Waals surface area contributed by atoms with E-state index in [1.807, 2.05) is 0 Å². The molecular weight excluding hydrogens is 443 g/mol. The first-order valence-electron chi connectivity index (χ1n) is 9.76. The maximum Gasteiger partial charge on any atom is 0.255 e. The van der Waals surface area contributed by atoms with Gasteiger partial charge in [0, 0.05) is 23.1 Å². The second-order valence-corrected chi connectivity index (χ2v) is 7.78. The highest BCUT2D eigenvalue weighted by atomic mass is 35.5. The number of hydrogen-bond donors (Lipinski definition) is 0. The Kier molecular flexibility index (Phi) is 5.15. The lowest BCUT2D eigenvalue weighted by atomic mass is 9.99. The summed E-state index contributed by atoms with van der Waals surface area (Å²) in [5.41, 5.74) is 0.0865. The van der Waals surface area contributed by atoms with E-state index in [0.29, 0.717) is 28.9 Å². The fourth-order valence-electron chi connectivity index (χ4n) is 3.62. The van der Waals surface area contributed by atoms with Gasteiger partial charge in [0.15, 0.2) is 0 Å². The first-order valence-corrected chi connectivity index (χ1v) is 10.1.